The zero-order valence-electron chi connectivity index (χ0n) is 12.7. The number of fused-ring (bicyclic) bond motifs is 1. The van der Waals surface area contributed by atoms with Crippen LogP contribution in [0, 0.1) is 5.92 Å². The summed E-state index contributed by atoms with van der Waals surface area (Å²) in [6.07, 6.45) is 2.17. The molecule has 1 fully saturated rings. The Morgan fingerprint density at radius 1 is 1.41 bits per heavy atom. The van der Waals surface area contributed by atoms with E-state index in [1.807, 2.05) is 30.3 Å². The van der Waals surface area contributed by atoms with Crippen LogP contribution >= 0.6 is 0 Å². The van der Waals surface area contributed by atoms with Gasteiger partial charge in [-0.3, -0.25) is 5.32 Å². The number of ether oxygens (including phenoxy) is 1. The van der Waals surface area contributed by atoms with Crippen LogP contribution in [0.25, 0.3) is 10.9 Å². The second kappa shape index (κ2) is 6.70. The summed E-state index contributed by atoms with van der Waals surface area (Å²) in [5, 5.41) is 11.9. The average Bonchev–Trinajstić information content (AvgIpc) is 2.55. The van der Waals surface area contributed by atoms with Gasteiger partial charge in [0.05, 0.1) is 12.1 Å². The number of hydrogen-bond acceptors (Lipinski definition) is 4. The Labute approximate surface area is 129 Å². The average molecular weight is 300 g/mol. The fraction of sp³-hybridized carbons (Fsp3) is 0.438. The van der Waals surface area contributed by atoms with E-state index < -0.39 is 0 Å². The fourth-order valence-electron chi connectivity index (χ4n) is 2.67. The number of nitrogens with zero attached hydrogens (tertiary/aromatic N) is 3. The van der Waals surface area contributed by atoms with E-state index in [2.05, 4.69) is 15.5 Å². The van der Waals surface area contributed by atoms with Crippen LogP contribution in [-0.4, -0.2) is 47.9 Å². The number of benzene rings is 1. The van der Waals surface area contributed by atoms with Gasteiger partial charge in [0.1, 0.15) is 0 Å². The molecule has 0 bridgehead atoms. The third kappa shape index (κ3) is 3.51. The smallest absolute Gasteiger partial charge is 0.322 e. The lowest BCUT2D eigenvalue weighted by Gasteiger charge is -2.27. The fourth-order valence-corrected chi connectivity index (χ4v) is 2.67. The van der Waals surface area contributed by atoms with Crippen molar-refractivity contribution in [3.8, 4) is 0 Å². The summed E-state index contributed by atoms with van der Waals surface area (Å²) in [5.74, 6) is 0.877. The number of carbonyl (C=O) groups is 1. The zero-order valence-corrected chi connectivity index (χ0v) is 12.7. The molecule has 6 nitrogen and oxygen atoms in total. The minimum absolute atomic E-state index is 0.171. The van der Waals surface area contributed by atoms with E-state index in [1.54, 1.807) is 11.9 Å². The van der Waals surface area contributed by atoms with Crippen LogP contribution in [0.2, 0.25) is 0 Å². The van der Waals surface area contributed by atoms with E-state index in [9.17, 15) is 4.79 Å². The lowest BCUT2D eigenvalue weighted by molar-refractivity contribution is 0.0464. The molecule has 2 aromatic rings. The maximum Gasteiger partial charge on any atom is 0.322 e. The van der Waals surface area contributed by atoms with E-state index in [4.69, 9.17) is 4.74 Å². The molecular weight excluding hydrogens is 280 g/mol. The van der Waals surface area contributed by atoms with Crippen molar-refractivity contribution in [3.05, 3.63) is 30.3 Å². The van der Waals surface area contributed by atoms with Crippen molar-refractivity contribution < 1.29 is 9.53 Å². The van der Waals surface area contributed by atoms with Gasteiger partial charge in [-0.05, 0) is 25.0 Å². The summed E-state index contributed by atoms with van der Waals surface area (Å²) in [7, 11) is 1.79. The maximum atomic E-state index is 12.2. The molecular formula is C16H20N4O2. The highest BCUT2D eigenvalue weighted by atomic mass is 16.5. The van der Waals surface area contributed by atoms with Crippen LogP contribution in [0.3, 0.4) is 0 Å². The summed E-state index contributed by atoms with van der Waals surface area (Å²) in [5.41, 5.74) is 0.813. The van der Waals surface area contributed by atoms with E-state index in [1.165, 1.54) is 0 Å². The Morgan fingerprint density at radius 2 is 2.27 bits per heavy atom. The topological polar surface area (TPSA) is 67.3 Å². The van der Waals surface area contributed by atoms with Gasteiger partial charge in [0.15, 0.2) is 5.82 Å². The van der Waals surface area contributed by atoms with Crippen molar-refractivity contribution in [1.82, 2.24) is 15.1 Å². The Bertz CT molecular complexity index is 655. The van der Waals surface area contributed by atoms with Crippen molar-refractivity contribution in [2.24, 2.45) is 5.92 Å². The largest absolute Gasteiger partial charge is 0.381 e. The number of carbonyl (C=O) groups excluding carboxylic acids is 1. The molecule has 1 aliphatic rings. The summed E-state index contributed by atoms with van der Waals surface area (Å²) >= 11 is 0. The van der Waals surface area contributed by atoms with Crippen molar-refractivity contribution in [1.29, 1.82) is 0 Å². The van der Waals surface area contributed by atoms with Crippen molar-refractivity contribution in [3.63, 3.8) is 0 Å². The number of urea groups is 1. The number of amides is 2. The first-order valence-corrected chi connectivity index (χ1v) is 7.55. The third-order valence-electron chi connectivity index (χ3n) is 3.86. The molecule has 1 N–H and O–H groups in total. The Hall–Kier alpha value is -2.21. The van der Waals surface area contributed by atoms with Crippen LogP contribution in [-0.2, 0) is 4.74 Å². The molecule has 3 rings (SSSR count). The van der Waals surface area contributed by atoms with Gasteiger partial charge in [-0.25, -0.2) is 4.79 Å². The summed E-state index contributed by atoms with van der Waals surface area (Å²) in [6, 6.07) is 9.35. The first kappa shape index (κ1) is 14.7. The molecule has 1 aromatic carbocycles. The summed E-state index contributed by atoms with van der Waals surface area (Å²) in [6.45, 7) is 2.25. The number of nitrogens with one attached hydrogen (secondary N) is 1. The van der Waals surface area contributed by atoms with Crippen LogP contribution in [0.4, 0.5) is 10.6 Å². The molecule has 22 heavy (non-hydrogen) atoms. The SMILES string of the molecule is CN(CC1CCCOC1)C(=O)Nc1cc2ccccc2nn1. The highest BCUT2D eigenvalue weighted by molar-refractivity contribution is 5.90. The van der Waals surface area contributed by atoms with Crippen LogP contribution in [0.15, 0.2) is 30.3 Å². The molecule has 1 atom stereocenters. The predicted molar refractivity (Wildman–Crippen MR) is 84.7 cm³/mol. The molecule has 2 heterocycles. The molecule has 1 aliphatic heterocycles. The Morgan fingerprint density at radius 3 is 3.09 bits per heavy atom. The molecule has 1 unspecified atom stereocenters. The standard InChI is InChI=1S/C16H20N4O2/c1-20(10-12-5-4-8-22-11-12)16(21)17-15-9-13-6-2-3-7-14(13)18-19-15/h2-3,6-7,9,12H,4-5,8,10-11H2,1H3,(H,17,19,21). The van der Waals surface area contributed by atoms with Gasteiger partial charge in [0, 0.05) is 31.5 Å². The lowest BCUT2D eigenvalue weighted by Crippen LogP contribution is -2.37. The van der Waals surface area contributed by atoms with Crippen molar-refractivity contribution in [2.75, 3.05) is 32.1 Å². The van der Waals surface area contributed by atoms with E-state index in [0.717, 1.165) is 37.0 Å². The minimum atomic E-state index is -0.171. The molecule has 0 aliphatic carbocycles. The molecule has 116 valence electrons. The van der Waals surface area contributed by atoms with Gasteiger partial charge in [-0.15, -0.1) is 10.2 Å². The van der Waals surface area contributed by atoms with Gasteiger partial charge in [-0.1, -0.05) is 18.2 Å². The van der Waals surface area contributed by atoms with Gasteiger partial charge < -0.3 is 9.64 Å². The maximum absolute atomic E-state index is 12.2. The van der Waals surface area contributed by atoms with E-state index in [-0.39, 0.29) is 6.03 Å². The number of hydrogen-bond donors (Lipinski definition) is 1. The van der Waals surface area contributed by atoms with E-state index >= 15 is 0 Å². The predicted octanol–water partition coefficient (Wildman–Crippen LogP) is 2.52. The van der Waals surface area contributed by atoms with Gasteiger partial charge in [0.2, 0.25) is 0 Å². The second-order valence-corrected chi connectivity index (χ2v) is 5.68. The molecule has 6 heteroatoms. The highest BCUT2D eigenvalue weighted by Gasteiger charge is 2.19. The summed E-state index contributed by atoms with van der Waals surface area (Å²) < 4.78 is 5.45. The van der Waals surface area contributed by atoms with Crippen LogP contribution < -0.4 is 5.32 Å². The van der Waals surface area contributed by atoms with Crippen molar-refractivity contribution in [2.45, 2.75) is 12.8 Å². The van der Waals surface area contributed by atoms with Gasteiger partial charge in [-0.2, -0.15) is 0 Å². The Balaban J connectivity index is 1.61. The monoisotopic (exact) mass is 300 g/mol. The quantitative estimate of drug-likeness (QED) is 0.946. The molecule has 0 spiro atoms. The number of anilines is 1. The van der Waals surface area contributed by atoms with Crippen LogP contribution in [0.5, 0.6) is 0 Å². The van der Waals surface area contributed by atoms with Crippen molar-refractivity contribution >= 4 is 22.8 Å². The van der Waals surface area contributed by atoms with Crippen LogP contribution in [0.1, 0.15) is 12.8 Å². The van der Waals surface area contributed by atoms with E-state index in [0.29, 0.717) is 18.3 Å². The number of rotatable bonds is 3. The first-order chi connectivity index (χ1) is 10.7. The lowest BCUT2D eigenvalue weighted by atomic mass is 10.0. The molecule has 2 amide bonds. The van der Waals surface area contributed by atoms with Gasteiger partial charge >= 0.3 is 6.03 Å². The highest BCUT2D eigenvalue weighted by Crippen LogP contribution is 2.16. The first-order valence-electron chi connectivity index (χ1n) is 7.55. The molecule has 1 aromatic heterocycles. The summed E-state index contributed by atoms with van der Waals surface area (Å²) in [4.78, 5) is 13.9. The third-order valence-corrected chi connectivity index (χ3v) is 3.86. The molecule has 0 saturated carbocycles. The zero-order chi connectivity index (χ0) is 15.4. The van der Waals surface area contributed by atoms with Gasteiger partial charge in [0.25, 0.3) is 0 Å². The molecule has 0 radical (unpaired) electrons. The molecule has 1 saturated heterocycles. The number of aromatic nitrogens is 2. The minimum Gasteiger partial charge on any atom is -0.381 e. The Kier molecular flexibility index (Phi) is 4.48. The second-order valence-electron chi connectivity index (χ2n) is 5.68. The normalized spacial score (nSPS) is 18.1.